The highest BCUT2D eigenvalue weighted by Gasteiger charge is 2.42. The number of nitrogens with two attached hydrogens (primary N) is 1. The van der Waals surface area contributed by atoms with Gasteiger partial charge in [-0.25, -0.2) is 0 Å². The van der Waals surface area contributed by atoms with Gasteiger partial charge in [0.2, 0.25) is 0 Å². The monoisotopic (exact) mass is 309 g/mol. The molecule has 0 aliphatic rings. The van der Waals surface area contributed by atoms with Crippen molar-refractivity contribution in [2.75, 3.05) is 34.0 Å². The van der Waals surface area contributed by atoms with Gasteiger partial charge in [0.05, 0.1) is 6.10 Å². The van der Waals surface area contributed by atoms with Crippen LogP contribution in [0.5, 0.6) is 0 Å². The molecule has 0 atom stereocenters. The van der Waals surface area contributed by atoms with Crippen LogP contribution in [0.25, 0.3) is 0 Å². The van der Waals surface area contributed by atoms with E-state index in [4.69, 9.17) is 29.2 Å². The Kier molecular flexibility index (Phi) is 9.82. The van der Waals surface area contributed by atoms with Crippen LogP contribution < -0.4 is 5.73 Å². The van der Waals surface area contributed by atoms with Crippen molar-refractivity contribution in [1.29, 1.82) is 0 Å². The Morgan fingerprint density at radius 2 is 1.60 bits per heavy atom. The molecule has 0 aliphatic carbocycles. The predicted octanol–water partition coefficient (Wildman–Crippen LogP) is 0.743. The molecule has 0 bridgehead atoms. The number of aliphatic hydroxyl groups excluding tert-OH is 2. The van der Waals surface area contributed by atoms with Crippen LogP contribution in [0.15, 0.2) is 0 Å². The second-order valence-corrected chi connectivity index (χ2v) is 8.64. The van der Waals surface area contributed by atoms with Gasteiger partial charge in [0.15, 0.2) is 0 Å². The summed E-state index contributed by atoms with van der Waals surface area (Å²) in [5, 5.41) is 18.1. The SMILES string of the molecule is CO[Si](CCC(C)(C)CN)(OC)OC(CCO)CCO. The van der Waals surface area contributed by atoms with E-state index in [2.05, 4.69) is 13.8 Å². The van der Waals surface area contributed by atoms with Crippen molar-refractivity contribution in [3.8, 4) is 0 Å². The van der Waals surface area contributed by atoms with E-state index in [1.54, 1.807) is 14.2 Å². The van der Waals surface area contributed by atoms with Gasteiger partial charge in [0.1, 0.15) is 0 Å². The lowest BCUT2D eigenvalue weighted by atomic mass is 9.91. The molecule has 0 amide bonds. The Labute approximate surface area is 123 Å². The Morgan fingerprint density at radius 3 is 1.95 bits per heavy atom. The van der Waals surface area contributed by atoms with Crippen LogP contribution in [0.3, 0.4) is 0 Å². The molecule has 0 rings (SSSR count). The molecule has 0 saturated carbocycles. The molecule has 20 heavy (non-hydrogen) atoms. The van der Waals surface area contributed by atoms with Crippen molar-refractivity contribution in [3.05, 3.63) is 0 Å². The molecule has 0 radical (unpaired) electrons. The largest absolute Gasteiger partial charge is 0.500 e. The minimum Gasteiger partial charge on any atom is -0.396 e. The van der Waals surface area contributed by atoms with Gasteiger partial charge in [-0.2, -0.15) is 0 Å². The first-order chi connectivity index (χ1) is 9.38. The molecule has 0 aromatic heterocycles. The molecule has 7 heteroatoms. The summed E-state index contributed by atoms with van der Waals surface area (Å²) in [5.74, 6) is 0. The van der Waals surface area contributed by atoms with E-state index in [1.807, 2.05) is 0 Å². The highest BCUT2D eigenvalue weighted by Crippen LogP contribution is 2.28. The highest BCUT2D eigenvalue weighted by atomic mass is 28.4. The summed E-state index contributed by atoms with van der Waals surface area (Å²) in [5.41, 5.74) is 5.74. The third kappa shape index (κ3) is 7.12. The molecule has 0 saturated heterocycles. The second kappa shape index (κ2) is 9.83. The summed E-state index contributed by atoms with van der Waals surface area (Å²) >= 11 is 0. The smallest absolute Gasteiger partial charge is 0.396 e. The lowest BCUT2D eigenvalue weighted by Crippen LogP contribution is -2.48. The molecule has 0 aliphatic heterocycles. The first-order valence-electron chi connectivity index (χ1n) is 7.08. The first kappa shape index (κ1) is 20.0. The maximum atomic E-state index is 9.06. The molecular formula is C13H31NO5Si. The fraction of sp³-hybridized carbons (Fsp3) is 1.00. The van der Waals surface area contributed by atoms with Gasteiger partial charge in [-0.3, -0.25) is 0 Å². The summed E-state index contributed by atoms with van der Waals surface area (Å²) in [4.78, 5) is 0. The van der Waals surface area contributed by atoms with Gasteiger partial charge in [0, 0.05) is 33.5 Å². The van der Waals surface area contributed by atoms with Gasteiger partial charge in [-0.05, 0) is 31.2 Å². The van der Waals surface area contributed by atoms with Crippen molar-refractivity contribution in [2.45, 2.75) is 45.3 Å². The Bertz CT molecular complexity index is 243. The lowest BCUT2D eigenvalue weighted by molar-refractivity contribution is 0.0296. The van der Waals surface area contributed by atoms with Crippen LogP contribution in [-0.4, -0.2) is 59.1 Å². The molecule has 6 nitrogen and oxygen atoms in total. The molecule has 0 unspecified atom stereocenters. The number of aliphatic hydroxyl groups is 2. The van der Waals surface area contributed by atoms with E-state index >= 15 is 0 Å². The summed E-state index contributed by atoms with van der Waals surface area (Å²) in [6, 6.07) is 0.664. The Morgan fingerprint density at radius 1 is 1.10 bits per heavy atom. The summed E-state index contributed by atoms with van der Waals surface area (Å²) in [7, 11) is 0.382. The maximum Gasteiger partial charge on any atom is 0.500 e. The maximum absolute atomic E-state index is 9.06. The molecule has 0 aromatic rings. The third-order valence-electron chi connectivity index (χ3n) is 3.53. The van der Waals surface area contributed by atoms with Crippen LogP contribution in [-0.2, 0) is 13.3 Å². The average Bonchev–Trinajstić information content (AvgIpc) is 2.44. The van der Waals surface area contributed by atoms with E-state index in [-0.39, 0.29) is 24.7 Å². The standard InChI is InChI=1S/C13H31NO5Si/c1-13(2,11-14)7-10-20(17-3,18-4)19-12(5-8-15)6-9-16/h12,15-16H,5-11,14H2,1-4H3. The van der Waals surface area contributed by atoms with Crippen LogP contribution in [0.2, 0.25) is 6.04 Å². The van der Waals surface area contributed by atoms with Crippen LogP contribution >= 0.6 is 0 Å². The quantitative estimate of drug-likeness (QED) is 0.460. The molecule has 0 fully saturated rings. The zero-order chi connectivity index (χ0) is 15.6. The number of rotatable bonds is 12. The summed E-state index contributed by atoms with van der Waals surface area (Å²) in [6.45, 7) is 4.79. The van der Waals surface area contributed by atoms with Gasteiger partial charge in [0.25, 0.3) is 0 Å². The number of hydrogen-bond acceptors (Lipinski definition) is 6. The predicted molar refractivity (Wildman–Crippen MR) is 80.3 cm³/mol. The van der Waals surface area contributed by atoms with Crippen molar-refractivity contribution in [1.82, 2.24) is 0 Å². The Balaban J connectivity index is 4.71. The lowest BCUT2D eigenvalue weighted by Gasteiger charge is -2.33. The second-order valence-electron chi connectivity index (χ2n) is 5.72. The fourth-order valence-electron chi connectivity index (χ4n) is 1.84. The molecule has 0 aromatic carbocycles. The molecule has 0 heterocycles. The van der Waals surface area contributed by atoms with Gasteiger partial charge in [-0.1, -0.05) is 13.8 Å². The molecule has 0 spiro atoms. The topological polar surface area (TPSA) is 94.2 Å². The van der Waals surface area contributed by atoms with Crippen molar-refractivity contribution >= 4 is 8.80 Å². The molecule has 4 N–H and O–H groups in total. The first-order valence-corrected chi connectivity index (χ1v) is 9.01. The van der Waals surface area contributed by atoms with E-state index in [9.17, 15) is 0 Å². The van der Waals surface area contributed by atoms with Gasteiger partial charge >= 0.3 is 8.80 Å². The van der Waals surface area contributed by atoms with E-state index < -0.39 is 8.80 Å². The van der Waals surface area contributed by atoms with Crippen LogP contribution in [0.1, 0.15) is 33.1 Å². The average molecular weight is 309 g/mol. The van der Waals surface area contributed by atoms with E-state index in [1.165, 1.54) is 0 Å². The van der Waals surface area contributed by atoms with Crippen LogP contribution in [0.4, 0.5) is 0 Å². The minimum absolute atomic E-state index is 0.00211. The zero-order valence-electron chi connectivity index (χ0n) is 13.2. The van der Waals surface area contributed by atoms with Crippen molar-refractivity contribution in [3.63, 3.8) is 0 Å². The van der Waals surface area contributed by atoms with Gasteiger partial charge < -0.3 is 29.2 Å². The Hall–Kier alpha value is -0.0231. The molecule has 122 valence electrons. The number of hydrogen-bond donors (Lipinski definition) is 3. The van der Waals surface area contributed by atoms with Gasteiger partial charge in [-0.15, -0.1) is 0 Å². The fourth-order valence-corrected chi connectivity index (χ4v) is 4.45. The summed E-state index contributed by atoms with van der Waals surface area (Å²) in [6.07, 6.45) is 1.50. The highest BCUT2D eigenvalue weighted by molar-refractivity contribution is 6.60. The zero-order valence-corrected chi connectivity index (χ0v) is 14.2. The van der Waals surface area contributed by atoms with Crippen LogP contribution in [0, 0.1) is 5.41 Å². The van der Waals surface area contributed by atoms with Crippen molar-refractivity contribution in [2.24, 2.45) is 11.1 Å². The van der Waals surface area contributed by atoms with E-state index in [0.717, 1.165) is 6.42 Å². The summed E-state index contributed by atoms with van der Waals surface area (Å²) < 4.78 is 17.1. The molecular weight excluding hydrogens is 278 g/mol. The normalized spacial score (nSPS) is 13.2. The minimum atomic E-state index is -2.78. The van der Waals surface area contributed by atoms with E-state index in [0.29, 0.717) is 25.4 Å². The third-order valence-corrected chi connectivity index (χ3v) is 6.33. The van der Waals surface area contributed by atoms with Crippen molar-refractivity contribution < 1.29 is 23.5 Å².